The van der Waals surface area contributed by atoms with E-state index in [2.05, 4.69) is 30.5 Å². The fourth-order valence-electron chi connectivity index (χ4n) is 4.45. The first kappa shape index (κ1) is 22.5. The van der Waals surface area contributed by atoms with Gasteiger partial charge in [0, 0.05) is 35.3 Å². The Morgan fingerprint density at radius 3 is 2.68 bits per heavy atom. The lowest BCUT2D eigenvalue weighted by molar-refractivity contribution is -0.115. The molecular weight excluding hydrogens is 469 g/mol. The molecule has 0 aliphatic rings. The summed E-state index contributed by atoms with van der Waals surface area (Å²) >= 11 is 0. The van der Waals surface area contributed by atoms with Gasteiger partial charge in [-0.2, -0.15) is 5.10 Å². The molecule has 0 fully saturated rings. The Hall–Kier alpha value is -4.92. The van der Waals surface area contributed by atoms with Crippen molar-refractivity contribution >= 4 is 33.5 Å². The highest BCUT2D eigenvalue weighted by Gasteiger charge is 2.16. The van der Waals surface area contributed by atoms with Crippen molar-refractivity contribution < 1.29 is 9.18 Å². The highest BCUT2D eigenvalue weighted by molar-refractivity contribution is 6.00. The van der Waals surface area contributed by atoms with Gasteiger partial charge in [-0.15, -0.1) is 0 Å². The molecule has 182 valence electrons. The van der Waals surface area contributed by atoms with Crippen molar-refractivity contribution in [1.29, 1.82) is 0 Å². The maximum atomic E-state index is 14.1. The fourth-order valence-corrected chi connectivity index (χ4v) is 4.45. The number of nitrogens with one attached hydrogen (secondary N) is 3. The molecule has 6 rings (SSSR count). The van der Waals surface area contributed by atoms with Crippen LogP contribution in [0.15, 0.2) is 67.3 Å². The Morgan fingerprint density at radius 1 is 0.973 bits per heavy atom. The largest absolute Gasteiger partial charge is 0.352 e. The molecule has 8 nitrogen and oxygen atoms in total. The van der Waals surface area contributed by atoms with E-state index in [-0.39, 0.29) is 11.7 Å². The van der Waals surface area contributed by atoms with Crippen LogP contribution in [0.2, 0.25) is 0 Å². The number of nitrogens with zero attached hydrogens (tertiary/aromatic N) is 4. The van der Waals surface area contributed by atoms with Crippen LogP contribution in [-0.2, 0) is 4.79 Å². The van der Waals surface area contributed by atoms with E-state index in [1.165, 1.54) is 12.1 Å². The SMILES string of the molecule is CCC(=O)Nc1cncc(-c2ccc3[nH]nc(-c4cc5c(-c6cc(C)cc(F)c6)cncc5[nH]4)c3n2)c1. The third-order valence-corrected chi connectivity index (χ3v) is 6.20. The molecule has 0 aliphatic carbocycles. The second-order valence-electron chi connectivity index (χ2n) is 8.88. The summed E-state index contributed by atoms with van der Waals surface area (Å²) < 4.78 is 14.1. The first-order chi connectivity index (χ1) is 18.0. The lowest BCUT2D eigenvalue weighted by Gasteiger charge is -2.06. The van der Waals surface area contributed by atoms with E-state index < -0.39 is 0 Å². The van der Waals surface area contributed by atoms with E-state index >= 15 is 0 Å². The van der Waals surface area contributed by atoms with Crippen molar-refractivity contribution in [2.24, 2.45) is 0 Å². The molecule has 0 saturated carbocycles. The minimum absolute atomic E-state index is 0.0828. The van der Waals surface area contributed by atoms with E-state index in [0.717, 1.165) is 44.4 Å². The number of anilines is 1. The Labute approximate surface area is 211 Å². The number of hydrogen-bond donors (Lipinski definition) is 3. The summed E-state index contributed by atoms with van der Waals surface area (Å²) in [5, 5.41) is 11.3. The quantitative estimate of drug-likeness (QED) is 0.273. The van der Waals surface area contributed by atoms with Crippen molar-refractivity contribution in [2.75, 3.05) is 5.32 Å². The van der Waals surface area contributed by atoms with Crippen LogP contribution in [0.3, 0.4) is 0 Å². The van der Waals surface area contributed by atoms with Crippen LogP contribution in [0.5, 0.6) is 0 Å². The molecule has 1 amide bonds. The smallest absolute Gasteiger partial charge is 0.224 e. The molecular formula is C28H22FN7O. The van der Waals surface area contributed by atoms with Crippen LogP contribution in [-0.4, -0.2) is 36.0 Å². The number of benzene rings is 1. The van der Waals surface area contributed by atoms with Crippen LogP contribution in [0.1, 0.15) is 18.9 Å². The van der Waals surface area contributed by atoms with Gasteiger partial charge < -0.3 is 10.3 Å². The number of rotatable bonds is 5. The maximum absolute atomic E-state index is 14.1. The number of hydrogen-bond acceptors (Lipinski definition) is 5. The van der Waals surface area contributed by atoms with Gasteiger partial charge in [0.25, 0.3) is 0 Å². The van der Waals surface area contributed by atoms with Crippen molar-refractivity contribution in [3.63, 3.8) is 0 Å². The number of aromatic amines is 2. The number of aromatic nitrogens is 6. The summed E-state index contributed by atoms with van der Waals surface area (Å²) in [7, 11) is 0. The van der Waals surface area contributed by atoms with E-state index in [9.17, 15) is 9.18 Å². The summed E-state index contributed by atoms with van der Waals surface area (Å²) in [6.07, 6.45) is 7.17. The van der Waals surface area contributed by atoms with Crippen molar-refractivity contribution in [2.45, 2.75) is 20.3 Å². The molecule has 37 heavy (non-hydrogen) atoms. The van der Waals surface area contributed by atoms with Gasteiger partial charge in [0.05, 0.1) is 40.5 Å². The molecule has 1 aromatic carbocycles. The second kappa shape index (κ2) is 8.94. The maximum Gasteiger partial charge on any atom is 0.224 e. The average molecular weight is 492 g/mol. The summed E-state index contributed by atoms with van der Waals surface area (Å²) in [5.74, 6) is -0.369. The number of pyridine rings is 3. The zero-order valence-corrected chi connectivity index (χ0v) is 20.1. The number of fused-ring (bicyclic) bond motifs is 2. The molecule has 0 spiro atoms. The van der Waals surface area contributed by atoms with E-state index in [1.807, 2.05) is 37.3 Å². The number of amides is 1. The van der Waals surface area contributed by atoms with Crippen molar-refractivity contribution in [3.8, 4) is 33.8 Å². The predicted octanol–water partition coefficient (Wildman–Crippen LogP) is 6.03. The number of halogens is 1. The van der Waals surface area contributed by atoms with Crippen LogP contribution < -0.4 is 5.32 Å². The Kier molecular flexibility index (Phi) is 5.45. The van der Waals surface area contributed by atoms with Gasteiger partial charge in [-0.1, -0.05) is 13.0 Å². The highest BCUT2D eigenvalue weighted by atomic mass is 19.1. The molecule has 6 aromatic rings. The molecule has 3 N–H and O–H groups in total. The van der Waals surface area contributed by atoms with Crippen LogP contribution in [0.25, 0.3) is 55.7 Å². The first-order valence-electron chi connectivity index (χ1n) is 11.8. The minimum Gasteiger partial charge on any atom is -0.352 e. The molecule has 0 atom stereocenters. The monoisotopic (exact) mass is 491 g/mol. The van der Waals surface area contributed by atoms with E-state index in [0.29, 0.717) is 29.0 Å². The summed E-state index contributed by atoms with van der Waals surface area (Å²) in [6, 6.07) is 12.6. The highest BCUT2D eigenvalue weighted by Crippen LogP contribution is 2.34. The molecule has 9 heteroatoms. The normalized spacial score (nSPS) is 11.3. The predicted molar refractivity (Wildman–Crippen MR) is 141 cm³/mol. The van der Waals surface area contributed by atoms with Gasteiger partial charge >= 0.3 is 0 Å². The van der Waals surface area contributed by atoms with Crippen LogP contribution >= 0.6 is 0 Å². The third kappa shape index (κ3) is 4.20. The molecule has 5 aromatic heterocycles. The van der Waals surface area contributed by atoms with Crippen molar-refractivity contribution in [3.05, 3.63) is 78.6 Å². The number of H-pyrrole nitrogens is 2. The molecule has 0 unspecified atom stereocenters. The van der Waals surface area contributed by atoms with E-state index in [4.69, 9.17) is 4.98 Å². The molecule has 0 bridgehead atoms. The number of aryl methyl sites for hydroxylation is 1. The first-order valence-corrected chi connectivity index (χ1v) is 11.8. The second-order valence-corrected chi connectivity index (χ2v) is 8.88. The minimum atomic E-state index is -0.286. The Bertz CT molecular complexity index is 1780. The average Bonchev–Trinajstić information content (AvgIpc) is 3.51. The fraction of sp³-hybridized carbons (Fsp3) is 0.107. The van der Waals surface area contributed by atoms with E-state index in [1.54, 1.807) is 31.7 Å². The zero-order chi connectivity index (χ0) is 25.5. The molecule has 5 heterocycles. The summed E-state index contributed by atoms with van der Waals surface area (Å²) in [5.41, 5.74) is 8.19. The summed E-state index contributed by atoms with van der Waals surface area (Å²) in [4.78, 5) is 28.7. The van der Waals surface area contributed by atoms with Gasteiger partial charge in [-0.25, -0.2) is 9.37 Å². The molecule has 0 aliphatic heterocycles. The topological polar surface area (TPSA) is 112 Å². The van der Waals surface area contributed by atoms with Crippen LogP contribution in [0.4, 0.5) is 10.1 Å². The van der Waals surface area contributed by atoms with Gasteiger partial charge in [-0.3, -0.25) is 19.9 Å². The van der Waals surface area contributed by atoms with Gasteiger partial charge in [-0.05, 0) is 54.4 Å². The molecule has 0 radical (unpaired) electrons. The lowest BCUT2D eigenvalue weighted by Crippen LogP contribution is -2.09. The molecule has 0 saturated heterocycles. The van der Waals surface area contributed by atoms with Crippen LogP contribution in [0, 0.1) is 12.7 Å². The summed E-state index contributed by atoms with van der Waals surface area (Å²) in [6.45, 7) is 3.66. The van der Waals surface area contributed by atoms with Gasteiger partial charge in [0.1, 0.15) is 17.0 Å². The zero-order valence-electron chi connectivity index (χ0n) is 20.1. The third-order valence-electron chi connectivity index (χ3n) is 6.20. The van der Waals surface area contributed by atoms with Gasteiger partial charge in [0.15, 0.2) is 0 Å². The lowest BCUT2D eigenvalue weighted by atomic mass is 10.0. The van der Waals surface area contributed by atoms with Gasteiger partial charge in [0.2, 0.25) is 5.91 Å². The Morgan fingerprint density at radius 2 is 1.84 bits per heavy atom. The van der Waals surface area contributed by atoms with Crippen molar-refractivity contribution in [1.82, 2.24) is 30.1 Å². The number of carbonyl (C=O) groups excluding carboxylic acids is 1. The number of carbonyl (C=O) groups is 1. The Balaban J connectivity index is 1.43. The standard InChI is InChI=1S/C28H22FN7O/c1-3-26(37)32-19-9-17(11-30-12-19)22-4-5-23-27(34-22)28(36-35-23)24-10-20-21(13-31-14-25(20)33-24)16-6-15(2)7-18(29)8-16/h4-14,33H,3H2,1-2H3,(H,32,37)(H,35,36).